The van der Waals surface area contributed by atoms with Gasteiger partial charge in [0.25, 0.3) is 0 Å². The molecular formula is C22H27N3O2S3. The van der Waals surface area contributed by atoms with Crippen molar-refractivity contribution in [3.63, 3.8) is 0 Å². The van der Waals surface area contributed by atoms with Crippen LogP contribution in [0, 0.1) is 0 Å². The Morgan fingerprint density at radius 3 is 2.67 bits per heavy atom. The summed E-state index contributed by atoms with van der Waals surface area (Å²) in [6.07, 6.45) is 6.67. The number of thioether (sulfide) groups is 1. The average Bonchev–Trinajstić information content (AvgIpc) is 3.27. The normalized spacial score (nSPS) is 17.7. The number of morpholine rings is 1. The van der Waals surface area contributed by atoms with Gasteiger partial charge in [-0.25, -0.2) is 4.98 Å². The van der Waals surface area contributed by atoms with Crippen LogP contribution in [0.3, 0.4) is 0 Å². The highest BCUT2D eigenvalue weighted by atomic mass is 32.2. The van der Waals surface area contributed by atoms with Crippen molar-refractivity contribution in [1.82, 2.24) is 9.88 Å². The van der Waals surface area contributed by atoms with Crippen LogP contribution in [0.15, 0.2) is 29.6 Å². The topological polar surface area (TPSA) is 54.5 Å². The molecule has 1 aliphatic carbocycles. The van der Waals surface area contributed by atoms with E-state index in [1.54, 1.807) is 0 Å². The Labute approximate surface area is 191 Å². The van der Waals surface area contributed by atoms with E-state index >= 15 is 0 Å². The van der Waals surface area contributed by atoms with Gasteiger partial charge in [-0.05, 0) is 24.3 Å². The minimum atomic E-state index is -0.0795. The summed E-state index contributed by atoms with van der Waals surface area (Å²) in [6.45, 7) is 2.97. The minimum Gasteiger partial charge on any atom is -0.378 e. The fourth-order valence-electron chi connectivity index (χ4n) is 3.95. The smallest absolute Gasteiger partial charge is 0.236 e. The van der Waals surface area contributed by atoms with E-state index in [2.05, 4.69) is 39.5 Å². The van der Waals surface area contributed by atoms with E-state index in [4.69, 9.17) is 17.0 Å². The molecule has 0 spiro atoms. The van der Waals surface area contributed by atoms with Crippen molar-refractivity contribution in [2.75, 3.05) is 37.4 Å². The van der Waals surface area contributed by atoms with Crippen LogP contribution in [-0.2, 0) is 9.53 Å². The Morgan fingerprint density at radius 2 is 1.93 bits per heavy atom. The van der Waals surface area contributed by atoms with E-state index < -0.39 is 0 Å². The highest BCUT2D eigenvalue weighted by Gasteiger charge is 2.17. The van der Waals surface area contributed by atoms with Gasteiger partial charge in [-0.1, -0.05) is 67.5 Å². The second kappa shape index (κ2) is 10.7. The van der Waals surface area contributed by atoms with Crippen molar-refractivity contribution < 1.29 is 9.53 Å². The van der Waals surface area contributed by atoms with Gasteiger partial charge in [0.1, 0.15) is 4.32 Å². The summed E-state index contributed by atoms with van der Waals surface area (Å²) >= 11 is 8.27. The lowest BCUT2D eigenvalue weighted by atomic mass is 9.84. The van der Waals surface area contributed by atoms with E-state index in [0.29, 0.717) is 30.0 Å². The summed E-state index contributed by atoms with van der Waals surface area (Å²) in [5, 5.41) is 5.52. The molecule has 4 rings (SSSR count). The average molecular weight is 462 g/mol. The Kier molecular flexibility index (Phi) is 7.76. The lowest BCUT2D eigenvalue weighted by Crippen LogP contribution is -2.39. The maximum absolute atomic E-state index is 12.3. The second-order valence-corrected chi connectivity index (χ2v) is 10.2. The van der Waals surface area contributed by atoms with Crippen molar-refractivity contribution in [2.24, 2.45) is 0 Å². The molecular weight excluding hydrogens is 434 g/mol. The van der Waals surface area contributed by atoms with Crippen molar-refractivity contribution in [1.29, 1.82) is 0 Å². The summed E-state index contributed by atoms with van der Waals surface area (Å²) in [5.74, 6) is 0.921. The molecule has 0 atom stereocenters. The number of nitrogens with zero attached hydrogens (tertiary/aromatic N) is 2. The van der Waals surface area contributed by atoms with Crippen molar-refractivity contribution in [3.8, 4) is 11.3 Å². The standard InChI is InChI=1S/C22H27N3O2S3/c26-20(15-30-22(28)25-10-12-27-13-11-25)24-21-23-19(14-29-21)18-8-6-17(7-9-18)16-4-2-1-3-5-16/h6-9,14,16H,1-5,10-13,15H2,(H,23,24,26). The number of thiazole rings is 1. The fourth-order valence-corrected chi connectivity index (χ4v) is 5.73. The quantitative estimate of drug-likeness (QED) is 0.622. The zero-order chi connectivity index (χ0) is 20.8. The van der Waals surface area contributed by atoms with Gasteiger partial charge in [-0.15, -0.1) is 11.3 Å². The molecule has 1 aromatic carbocycles. The minimum absolute atomic E-state index is 0.0795. The molecule has 2 aromatic rings. The number of carbonyl (C=O) groups is 1. The Morgan fingerprint density at radius 1 is 1.20 bits per heavy atom. The summed E-state index contributed by atoms with van der Waals surface area (Å²) in [6, 6.07) is 8.79. The molecule has 30 heavy (non-hydrogen) atoms. The van der Waals surface area contributed by atoms with Gasteiger partial charge in [0.05, 0.1) is 24.7 Å². The molecule has 2 fully saturated rings. The number of thiocarbonyl (C=S) groups is 1. The summed E-state index contributed by atoms with van der Waals surface area (Å²) in [7, 11) is 0. The molecule has 160 valence electrons. The van der Waals surface area contributed by atoms with Crippen molar-refractivity contribution >= 4 is 50.7 Å². The third-order valence-electron chi connectivity index (χ3n) is 5.63. The Balaban J connectivity index is 1.28. The zero-order valence-electron chi connectivity index (χ0n) is 17.0. The van der Waals surface area contributed by atoms with Crippen LogP contribution in [0.1, 0.15) is 43.6 Å². The molecule has 0 unspecified atom stereocenters. The third-order valence-corrected chi connectivity index (χ3v) is 7.91. The molecule has 1 saturated heterocycles. The number of carbonyl (C=O) groups excluding carboxylic acids is 1. The van der Waals surface area contributed by atoms with Gasteiger partial charge in [0, 0.05) is 24.0 Å². The summed E-state index contributed by atoms with van der Waals surface area (Å²) in [5.41, 5.74) is 3.44. The van der Waals surface area contributed by atoms with Crippen LogP contribution in [0.4, 0.5) is 5.13 Å². The van der Waals surface area contributed by atoms with E-state index in [9.17, 15) is 4.79 Å². The molecule has 1 aliphatic heterocycles. The van der Waals surface area contributed by atoms with Crippen LogP contribution in [0.5, 0.6) is 0 Å². The zero-order valence-corrected chi connectivity index (χ0v) is 19.4. The maximum atomic E-state index is 12.3. The van der Waals surface area contributed by atoms with E-state index in [1.807, 2.05) is 5.38 Å². The fraction of sp³-hybridized carbons (Fsp3) is 0.500. The number of ether oxygens (including phenoxy) is 1. The third kappa shape index (κ3) is 5.81. The molecule has 1 saturated carbocycles. The number of hydrogen-bond donors (Lipinski definition) is 1. The van der Waals surface area contributed by atoms with Crippen LogP contribution in [0.25, 0.3) is 11.3 Å². The lowest BCUT2D eigenvalue weighted by Gasteiger charge is -2.28. The largest absolute Gasteiger partial charge is 0.378 e. The molecule has 0 radical (unpaired) electrons. The van der Waals surface area contributed by atoms with Gasteiger partial charge in [0.15, 0.2) is 5.13 Å². The Hall–Kier alpha value is -1.48. The first-order valence-electron chi connectivity index (χ1n) is 10.5. The molecule has 1 N–H and O–H groups in total. The molecule has 8 heteroatoms. The van der Waals surface area contributed by atoms with Crippen molar-refractivity contribution in [2.45, 2.75) is 38.0 Å². The number of benzene rings is 1. The monoisotopic (exact) mass is 461 g/mol. The van der Waals surface area contributed by atoms with Gasteiger partial charge < -0.3 is 15.0 Å². The van der Waals surface area contributed by atoms with Crippen LogP contribution in [0.2, 0.25) is 0 Å². The first-order chi connectivity index (χ1) is 14.7. The van der Waals surface area contributed by atoms with Crippen LogP contribution < -0.4 is 5.32 Å². The van der Waals surface area contributed by atoms with Crippen molar-refractivity contribution in [3.05, 3.63) is 35.2 Å². The lowest BCUT2D eigenvalue weighted by molar-refractivity contribution is -0.113. The Bertz CT molecular complexity index is 857. The van der Waals surface area contributed by atoms with E-state index in [1.165, 1.54) is 60.8 Å². The highest BCUT2D eigenvalue weighted by Crippen LogP contribution is 2.34. The second-order valence-electron chi connectivity index (χ2n) is 7.70. The summed E-state index contributed by atoms with van der Waals surface area (Å²) < 4.78 is 6.09. The van der Waals surface area contributed by atoms with Gasteiger partial charge >= 0.3 is 0 Å². The van der Waals surface area contributed by atoms with E-state index in [0.717, 1.165) is 28.7 Å². The maximum Gasteiger partial charge on any atom is 0.236 e. The molecule has 1 amide bonds. The number of anilines is 1. The number of amides is 1. The summed E-state index contributed by atoms with van der Waals surface area (Å²) in [4.78, 5) is 19.0. The first-order valence-corrected chi connectivity index (χ1v) is 12.8. The molecule has 1 aromatic heterocycles. The van der Waals surface area contributed by atoms with Gasteiger partial charge in [-0.2, -0.15) is 0 Å². The predicted molar refractivity (Wildman–Crippen MR) is 129 cm³/mol. The number of nitrogens with one attached hydrogen (secondary N) is 1. The van der Waals surface area contributed by atoms with Gasteiger partial charge in [0.2, 0.25) is 5.91 Å². The number of rotatable bonds is 5. The molecule has 5 nitrogen and oxygen atoms in total. The predicted octanol–water partition coefficient (Wildman–Crippen LogP) is 5.15. The molecule has 2 heterocycles. The number of aromatic nitrogens is 1. The van der Waals surface area contributed by atoms with Crippen LogP contribution >= 0.6 is 35.3 Å². The SMILES string of the molecule is O=C(CSC(=S)N1CCOCC1)Nc1nc(-c2ccc(C3CCCCC3)cc2)cs1. The highest BCUT2D eigenvalue weighted by molar-refractivity contribution is 8.23. The van der Waals surface area contributed by atoms with Gasteiger partial charge in [-0.3, -0.25) is 4.79 Å². The van der Waals surface area contributed by atoms with Crippen LogP contribution in [-0.4, -0.2) is 52.2 Å². The first kappa shape index (κ1) is 21.7. The molecule has 0 bridgehead atoms. The molecule has 2 aliphatic rings. The number of hydrogen-bond acceptors (Lipinski definition) is 6. The van der Waals surface area contributed by atoms with E-state index in [-0.39, 0.29) is 5.91 Å².